The lowest BCUT2D eigenvalue weighted by Gasteiger charge is -2.57. The number of guanidine groups is 1. The van der Waals surface area contributed by atoms with Gasteiger partial charge in [0.05, 0.1) is 11.6 Å². The van der Waals surface area contributed by atoms with Gasteiger partial charge < -0.3 is 20.3 Å². The van der Waals surface area contributed by atoms with Gasteiger partial charge in [0.15, 0.2) is 5.96 Å². The van der Waals surface area contributed by atoms with Gasteiger partial charge in [-0.25, -0.2) is 15.0 Å². The van der Waals surface area contributed by atoms with Crippen LogP contribution < -0.4 is 10.6 Å². The van der Waals surface area contributed by atoms with E-state index in [4.69, 9.17) is 15.5 Å². The van der Waals surface area contributed by atoms with Crippen LogP contribution in [0.4, 0.5) is 5.95 Å². The van der Waals surface area contributed by atoms with Crippen LogP contribution in [0.1, 0.15) is 27.2 Å². The van der Waals surface area contributed by atoms with E-state index >= 15 is 0 Å². The lowest BCUT2D eigenvalue weighted by molar-refractivity contribution is -0.171. The highest BCUT2D eigenvalue weighted by Crippen LogP contribution is 2.53. The molecule has 24 heavy (non-hydrogen) atoms. The van der Waals surface area contributed by atoms with Crippen LogP contribution in [0, 0.1) is 5.41 Å². The van der Waals surface area contributed by atoms with Crippen molar-refractivity contribution in [3.05, 3.63) is 18.5 Å². The second-order valence-corrected chi connectivity index (χ2v) is 7.39. The highest BCUT2D eigenvalue weighted by Gasteiger charge is 2.58. The van der Waals surface area contributed by atoms with Crippen molar-refractivity contribution in [3.8, 4) is 0 Å². The third kappa shape index (κ3) is 2.81. The van der Waals surface area contributed by atoms with Crippen LogP contribution in [-0.4, -0.2) is 65.8 Å². The first-order valence-corrected chi connectivity index (χ1v) is 8.53. The lowest BCUT2D eigenvalue weighted by Crippen LogP contribution is -2.63. The molecule has 7 heteroatoms. The van der Waals surface area contributed by atoms with E-state index in [2.05, 4.69) is 40.5 Å². The monoisotopic (exact) mass is 332 g/mol. The van der Waals surface area contributed by atoms with Crippen molar-refractivity contribution in [3.63, 3.8) is 0 Å². The number of ether oxygens (including phenoxy) is 1. The van der Waals surface area contributed by atoms with Gasteiger partial charge in [-0.15, -0.1) is 0 Å². The van der Waals surface area contributed by atoms with Crippen molar-refractivity contribution < 1.29 is 4.74 Å². The molecule has 1 aliphatic carbocycles. The Kier molecular flexibility index (Phi) is 4.38. The van der Waals surface area contributed by atoms with E-state index in [1.54, 1.807) is 19.5 Å². The zero-order chi connectivity index (χ0) is 17.4. The highest BCUT2D eigenvalue weighted by atomic mass is 16.5. The summed E-state index contributed by atoms with van der Waals surface area (Å²) in [5, 5.41) is 0. The summed E-state index contributed by atoms with van der Waals surface area (Å²) >= 11 is 0. The van der Waals surface area contributed by atoms with Crippen molar-refractivity contribution in [1.82, 2.24) is 14.9 Å². The number of nitrogens with two attached hydrogens (primary N) is 1. The Bertz CT molecular complexity index is 596. The van der Waals surface area contributed by atoms with Crippen molar-refractivity contribution in [1.29, 1.82) is 0 Å². The molecule has 2 aliphatic rings. The molecular weight excluding hydrogens is 304 g/mol. The number of aromatic nitrogens is 2. The van der Waals surface area contributed by atoms with Gasteiger partial charge in [0.25, 0.3) is 0 Å². The minimum absolute atomic E-state index is 0.00787. The summed E-state index contributed by atoms with van der Waals surface area (Å²) in [7, 11) is 1.77. The van der Waals surface area contributed by atoms with Gasteiger partial charge in [0.1, 0.15) is 0 Å². The van der Waals surface area contributed by atoms with E-state index in [9.17, 15) is 0 Å². The standard InChI is InChI=1S/C17H28N6O/c1-16(2)13(12-17(16,3)24-4)21-14(18)22-8-10-23(11-9-22)15-19-6-5-7-20-15/h5-7,13H,8-12H2,1-4H3,(H2,18,21). The van der Waals surface area contributed by atoms with Gasteiger partial charge in [-0.05, 0) is 19.4 Å². The summed E-state index contributed by atoms with van der Waals surface area (Å²) in [5.41, 5.74) is 6.15. The largest absolute Gasteiger partial charge is 0.378 e. The van der Waals surface area contributed by atoms with Crippen LogP contribution in [0.5, 0.6) is 0 Å². The van der Waals surface area contributed by atoms with Gasteiger partial charge in [0.2, 0.25) is 5.95 Å². The molecule has 0 bridgehead atoms. The SMILES string of the molecule is COC1(C)CC(N=C(N)N2CCN(c3ncccn3)CC2)C1(C)C. The maximum Gasteiger partial charge on any atom is 0.225 e. The first kappa shape index (κ1) is 17.0. The minimum atomic E-state index is -0.120. The molecule has 1 aromatic heterocycles. The van der Waals surface area contributed by atoms with Crippen LogP contribution in [-0.2, 0) is 4.74 Å². The third-order valence-electron chi connectivity index (χ3n) is 5.96. The Hall–Kier alpha value is -1.89. The fourth-order valence-electron chi connectivity index (χ4n) is 3.49. The van der Waals surface area contributed by atoms with Crippen LogP contribution in [0.3, 0.4) is 0 Å². The van der Waals surface area contributed by atoms with Gasteiger partial charge in [-0.2, -0.15) is 0 Å². The molecule has 2 unspecified atom stereocenters. The van der Waals surface area contributed by atoms with E-state index in [1.807, 2.05) is 6.07 Å². The van der Waals surface area contributed by atoms with E-state index in [0.29, 0.717) is 5.96 Å². The number of anilines is 1. The number of rotatable bonds is 3. The van der Waals surface area contributed by atoms with Crippen LogP contribution in [0.2, 0.25) is 0 Å². The van der Waals surface area contributed by atoms with Gasteiger partial charge >= 0.3 is 0 Å². The maximum absolute atomic E-state index is 6.28. The molecule has 7 nitrogen and oxygen atoms in total. The maximum atomic E-state index is 6.28. The Balaban J connectivity index is 1.59. The molecule has 1 saturated carbocycles. The summed E-state index contributed by atoms with van der Waals surface area (Å²) in [6.45, 7) is 9.92. The molecule has 2 atom stereocenters. The Morgan fingerprint density at radius 1 is 1.21 bits per heavy atom. The Morgan fingerprint density at radius 3 is 2.38 bits per heavy atom. The zero-order valence-electron chi connectivity index (χ0n) is 15.1. The molecule has 0 amide bonds. The number of methoxy groups -OCH3 is 1. The molecule has 0 radical (unpaired) electrons. The molecule has 1 aromatic rings. The van der Waals surface area contributed by atoms with Crippen LogP contribution in [0.15, 0.2) is 23.5 Å². The van der Waals surface area contributed by atoms with E-state index in [1.165, 1.54) is 0 Å². The normalized spacial score (nSPS) is 30.2. The van der Waals surface area contributed by atoms with E-state index in [-0.39, 0.29) is 17.1 Å². The number of aliphatic imine (C=N–C) groups is 1. The minimum Gasteiger partial charge on any atom is -0.378 e. The molecule has 2 heterocycles. The predicted molar refractivity (Wildman–Crippen MR) is 95.0 cm³/mol. The van der Waals surface area contributed by atoms with Gasteiger partial charge in [0, 0.05) is 51.1 Å². The molecule has 132 valence electrons. The second kappa shape index (κ2) is 6.20. The van der Waals surface area contributed by atoms with Crippen molar-refractivity contribution in [2.45, 2.75) is 38.8 Å². The summed E-state index contributed by atoms with van der Waals surface area (Å²) in [6.07, 6.45) is 4.46. The summed E-state index contributed by atoms with van der Waals surface area (Å²) in [4.78, 5) is 17.7. The second-order valence-electron chi connectivity index (χ2n) is 7.39. The predicted octanol–water partition coefficient (Wildman–Crippen LogP) is 1.12. The van der Waals surface area contributed by atoms with E-state index in [0.717, 1.165) is 38.5 Å². The quantitative estimate of drug-likeness (QED) is 0.660. The third-order valence-corrected chi connectivity index (χ3v) is 5.96. The molecule has 2 fully saturated rings. The molecule has 0 aromatic carbocycles. The van der Waals surface area contributed by atoms with Crippen LogP contribution >= 0.6 is 0 Å². The molecule has 3 rings (SSSR count). The average Bonchev–Trinajstić information content (AvgIpc) is 2.62. The average molecular weight is 332 g/mol. The van der Waals surface area contributed by atoms with Crippen LogP contribution in [0.25, 0.3) is 0 Å². The van der Waals surface area contributed by atoms with Gasteiger partial charge in [-0.3, -0.25) is 0 Å². The molecule has 2 N–H and O–H groups in total. The first-order valence-electron chi connectivity index (χ1n) is 8.53. The fourth-order valence-corrected chi connectivity index (χ4v) is 3.49. The van der Waals surface area contributed by atoms with Gasteiger partial charge in [-0.1, -0.05) is 13.8 Å². The summed E-state index contributed by atoms with van der Waals surface area (Å²) in [5.74, 6) is 1.42. The van der Waals surface area contributed by atoms with Crippen molar-refractivity contribution in [2.75, 3.05) is 38.2 Å². The smallest absolute Gasteiger partial charge is 0.225 e. The number of nitrogens with zero attached hydrogens (tertiary/aromatic N) is 5. The summed E-state index contributed by atoms with van der Waals surface area (Å²) in [6, 6.07) is 2.04. The lowest BCUT2D eigenvalue weighted by atomic mass is 9.56. The topological polar surface area (TPSA) is 79.9 Å². The zero-order valence-corrected chi connectivity index (χ0v) is 15.1. The van der Waals surface area contributed by atoms with Crippen molar-refractivity contribution in [2.24, 2.45) is 16.1 Å². The number of hydrogen-bond donors (Lipinski definition) is 1. The number of piperazine rings is 1. The van der Waals surface area contributed by atoms with E-state index < -0.39 is 0 Å². The molecule has 0 spiro atoms. The molecule has 1 saturated heterocycles. The van der Waals surface area contributed by atoms with Crippen molar-refractivity contribution >= 4 is 11.9 Å². The molecule has 1 aliphatic heterocycles. The summed E-state index contributed by atoms with van der Waals surface area (Å²) < 4.78 is 5.67. The number of hydrogen-bond acceptors (Lipinski definition) is 5. The molecular formula is C17H28N6O. The Morgan fingerprint density at radius 2 is 1.83 bits per heavy atom. The highest BCUT2D eigenvalue weighted by molar-refractivity contribution is 5.78. The Labute approximate surface area is 143 Å². The fraction of sp³-hybridized carbons (Fsp3) is 0.706. The first-order chi connectivity index (χ1) is 11.4.